The molecule has 6 heteroatoms. The monoisotopic (exact) mass is 282 g/mol. The number of aliphatic hydroxyl groups is 1. The first kappa shape index (κ1) is 14.9. The zero-order valence-electron chi connectivity index (χ0n) is 11.1. The van der Waals surface area contributed by atoms with Crippen LogP contribution in [0.1, 0.15) is 24.5 Å². The Hall–Kier alpha value is -1.50. The van der Waals surface area contributed by atoms with E-state index in [4.69, 9.17) is 10.5 Å². The molecule has 5 nitrogen and oxygen atoms in total. The Morgan fingerprint density at radius 1 is 1.55 bits per heavy atom. The van der Waals surface area contributed by atoms with E-state index in [1.165, 1.54) is 18.2 Å². The van der Waals surface area contributed by atoms with E-state index in [1.807, 2.05) is 0 Å². The molecule has 1 aromatic carbocycles. The number of amides is 1. The van der Waals surface area contributed by atoms with E-state index in [-0.39, 0.29) is 18.6 Å². The molecule has 1 unspecified atom stereocenters. The molecule has 0 radical (unpaired) electrons. The molecule has 1 saturated heterocycles. The number of carbonyl (C=O) groups excluding carboxylic acids is 1. The molecule has 1 heterocycles. The molecule has 0 saturated carbocycles. The van der Waals surface area contributed by atoms with E-state index in [9.17, 15) is 14.3 Å². The predicted octanol–water partition coefficient (Wildman–Crippen LogP) is 0.482. The third-order valence-corrected chi connectivity index (χ3v) is 3.37. The summed E-state index contributed by atoms with van der Waals surface area (Å²) in [5.74, 6) is -0.686. The SMILES string of the molecule is NC[C@H]1CC[C@@H](C(=O)NCC(O)c2cccc(F)c2)O1. The number of benzene rings is 1. The minimum Gasteiger partial charge on any atom is -0.387 e. The Bertz CT molecular complexity index is 469. The van der Waals surface area contributed by atoms with Crippen LogP contribution in [-0.2, 0) is 9.53 Å². The van der Waals surface area contributed by atoms with Gasteiger partial charge in [-0.3, -0.25) is 4.79 Å². The summed E-state index contributed by atoms with van der Waals surface area (Å²) in [5.41, 5.74) is 5.90. The number of ether oxygens (including phenoxy) is 1. The average Bonchev–Trinajstić information content (AvgIpc) is 2.93. The Morgan fingerprint density at radius 2 is 2.35 bits per heavy atom. The molecule has 0 aliphatic carbocycles. The number of nitrogens with one attached hydrogen (secondary N) is 1. The van der Waals surface area contributed by atoms with Gasteiger partial charge in [0, 0.05) is 13.1 Å². The van der Waals surface area contributed by atoms with Crippen molar-refractivity contribution in [1.29, 1.82) is 0 Å². The summed E-state index contributed by atoms with van der Waals surface area (Å²) in [4.78, 5) is 11.8. The Kier molecular flexibility index (Phi) is 5.05. The molecule has 3 atom stereocenters. The van der Waals surface area contributed by atoms with Gasteiger partial charge in [-0.2, -0.15) is 0 Å². The van der Waals surface area contributed by atoms with Crippen LogP contribution in [-0.4, -0.2) is 36.3 Å². The van der Waals surface area contributed by atoms with Crippen LogP contribution < -0.4 is 11.1 Å². The summed E-state index contributed by atoms with van der Waals surface area (Å²) in [6.07, 6.45) is -0.131. The van der Waals surface area contributed by atoms with Crippen molar-refractivity contribution < 1.29 is 19.0 Å². The third kappa shape index (κ3) is 3.75. The van der Waals surface area contributed by atoms with Gasteiger partial charge < -0.3 is 20.9 Å². The van der Waals surface area contributed by atoms with Crippen molar-refractivity contribution >= 4 is 5.91 Å². The lowest BCUT2D eigenvalue weighted by Gasteiger charge is -2.15. The predicted molar refractivity (Wildman–Crippen MR) is 71.3 cm³/mol. The second kappa shape index (κ2) is 6.78. The Balaban J connectivity index is 1.81. The maximum atomic E-state index is 13.0. The van der Waals surface area contributed by atoms with Crippen molar-refractivity contribution in [3.8, 4) is 0 Å². The summed E-state index contributed by atoms with van der Waals surface area (Å²) in [6, 6.07) is 5.67. The highest BCUT2D eigenvalue weighted by Gasteiger charge is 2.29. The van der Waals surface area contributed by atoms with Gasteiger partial charge in [0.1, 0.15) is 11.9 Å². The van der Waals surface area contributed by atoms with E-state index in [0.29, 0.717) is 18.5 Å². The zero-order valence-corrected chi connectivity index (χ0v) is 11.1. The number of nitrogens with two attached hydrogens (primary N) is 1. The number of aliphatic hydroxyl groups excluding tert-OH is 1. The van der Waals surface area contributed by atoms with Crippen molar-refractivity contribution in [2.24, 2.45) is 5.73 Å². The second-order valence-corrected chi connectivity index (χ2v) is 4.88. The summed E-state index contributed by atoms with van der Waals surface area (Å²) < 4.78 is 18.5. The first-order valence-corrected chi connectivity index (χ1v) is 6.67. The topological polar surface area (TPSA) is 84.6 Å². The van der Waals surface area contributed by atoms with Crippen LogP contribution in [0.25, 0.3) is 0 Å². The largest absolute Gasteiger partial charge is 0.387 e. The van der Waals surface area contributed by atoms with E-state index in [2.05, 4.69) is 5.32 Å². The highest BCUT2D eigenvalue weighted by Crippen LogP contribution is 2.19. The van der Waals surface area contributed by atoms with E-state index >= 15 is 0 Å². The van der Waals surface area contributed by atoms with Crippen molar-refractivity contribution in [3.05, 3.63) is 35.6 Å². The average molecular weight is 282 g/mol. The molecule has 1 aliphatic heterocycles. The van der Waals surface area contributed by atoms with Gasteiger partial charge in [-0.15, -0.1) is 0 Å². The van der Waals surface area contributed by atoms with Crippen LogP contribution in [0.15, 0.2) is 24.3 Å². The lowest BCUT2D eigenvalue weighted by Crippen LogP contribution is -2.37. The second-order valence-electron chi connectivity index (χ2n) is 4.88. The zero-order chi connectivity index (χ0) is 14.5. The van der Waals surface area contributed by atoms with Gasteiger partial charge in [0.2, 0.25) is 5.91 Å². The van der Waals surface area contributed by atoms with Gasteiger partial charge in [-0.25, -0.2) is 4.39 Å². The van der Waals surface area contributed by atoms with Crippen molar-refractivity contribution in [2.45, 2.75) is 31.2 Å². The van der Waals surface area contributed by atoms with Crippen LogP contribution >= 0.6 is 0 Å². The van der Waals surface area contributed by atoms with Gasteiger partial charge in [-0.1, -0.05) is 12.1 Å². The Morgan fingerprint density at radius 3 is 3.00 bits per heavy atom. The molecule has 2 rings (SSSR count). The number of halogens is 1. The first-order valence-electron chi connectivity index (χ1n) is 6.67. The number of hydrogen-bond donors (Lipinski definition) is 3. The fraction of sp³-hybridized carbons (Fsp3) is 0.500. The van der Waals surface area contributed by atoms with Gasteiger partial charge >= 0.3 is 0 Å². The van der Waals surface area contributed by atoms with Crippen molar-refractivity contribution in [2.75, 3.05) is 13.1 Å². The first-order chi connectivity index (χ1) is 9.60. The van der Waals surface area contributed by atoms with Crippen molar-refractivity contribution in [1.82, 2.24) is 5.32 Å². The molecular weight excluding hydrogens is 263 g/mol. The van der Waals surface area contributed by atoms with Gasteiger partial charge in [0.25, 0.3) is 0 Å². The number of carbonyl (C=O) groups is 1. The Labute approximate surface area is 116 Å². The lowest BCUT2D eigenvalue weighted by molar-refractivity contribution is -0.132. The molecule has 4 N–H and O–H groups in total. The molecule has 1 aromatic rings. The van der Waals surface area contributed by atoms with E-state index < -0.39 is 18.0 Å². The molecular formula is C14H19FN2O3. The van der Waals surface area contributed by atoms with Crippen LogP contribution in [0.2, 0.25) is 0 Å². The van der Waals surface area contributed by atoms with Gasteiger partial charge in [0.05, 0.1) is 12.2 Å². The summed E-state index contributed by atoms with van der Waals surface area (Å²) in [5, 5.41) is 12.5. The van der Waals surface area contributed by atoms with Crippen LogP contribution in [0.4, 0.5) is 4.39 Å². The van der Waals surface area contributed by atoms with Crippen LogP contribution in [0.3, 0.4) is 0 Å². The lowest BCUT2D eigenvalue weighted by atomic mass is 10.1. The molecule has 0 aromatic heterocycles. The number of rotatable bonds is 5. The smallest absolute Gasteiger partial charge is 0.249 e. The molecule has 110 valence electrons. The quantitative estimate of drug-likeness (QED) is 0.733. The summed E-state index contributed by atoms with van der Waals surface area (Å²) >= 11 is 0. The van der Waals surface area contributed by atoms with Gasteiger partial charge in [-0.05, 0) is 30.5 Å². The third-order valence-electron chi connectivity index (χ3n) is 3.37. The van der Waals surface area contributed by atoms with Crippen molar-refractivity contribution in [3.63, 3.8) is 0 Å². The molecule has 0 spiro atoms. The van der Waals surface area contributed by atoms with Crippen LogP contribution in [0, 0.1) is 5.82 Å². The fourth-order valence-corrected chi connectivity index (χ4v) is 2.21. The summed E-state index contributed by atoms with van der Waals surface area (Å²) in [6.45, 7) is 0.422. The normalized spacial score (nSPS) is 23.6. The molecule has 20 heavy (non-hydrogen) atoms. The minimum atomic E-state index is -0.943. The minimum absolute atomic E-state index is 0.0233. The molecule has 1 aliphatic rings. The van der Waals surface area contributed by atoms with Gasteiger partial charge in [0.15, 0.2) is 0 Å². The standard InChI is InChI=1S/C14H19FN2O3/c15-10-3-1-2-9(6-10)12(18)8-17-14(19)13-5-4-11(7-16)20-13/h1-3,6,11-13,18H,4-5,7-8,16H2,(H,17,19)/t11-,12?,13+/m1/s1. The van der Waals surface area contributed by atoms with Crippen LogP contribution in [0.5, 0.6) is 0 Å². The number of hydrogen-bond acceptors (Lipinski definition) is 4. The fourth-order valence-electron chi connectivity index (χ4n) is 2.21. The molecule has 0 bridgehead atoms. The van der Waals surface area contributed by atoms with E-state index in [0.717, 1.165) is 6.42 Å². The highest BCUT2D eigenvalue weighted by molar-refractivity contribution is 5.81. The maximum Gasteiger partial charge on any atom is 0.249 e. The summed E-state index contributed by atoms with van der Waals surface area (Å²) in [7, 11) is 0. The highest BCUT2D eigenvalue weighted by atomic mass is 19.1. The molecule has 1 fully saturated rings. The van der Waals surface area contributed by atoms with E-state index in [1.54, 1.807) is 6.07 Å². The maximum absolute atomic E-state index is 13.0. The molecule has 1 amide bonds.